The number of imide groups is 1. The molecule has 35 heavy (non-hydrogen) atoms. The summed E-state index contributed by atoms with van der Waals surface area (Å²) in [6.07, 6.45) is 4.07. The molecule has 4 aliphatic rings. The molecule has 0 radical (unpaired) electrons. The Morgan fingerprint density at radius 3 is 2.71 bits per heavy atom. The number of fused-ring (bicyclic) bond motifs is 3. The molecule has 1 N–H and O–H groups in total. The minimum Gasteiger partial charge on any atom is -0.336 e. The highest BCUT2D eigenvalue weighted by molar-refractivity contribution is 6.05. The Morgan fingerprint density at radius 1 is 1.09 bits per heavy atom. The van der Waals surface area contributed by atoms with Crippen molar-refractivity contribution in [2.45, 2.75) is 38.4 Å². The minimum absolute atomic E-state index is 0.153. The lowest BCUT2D eigenvalue weighted by molar-refractivity contribution is -0.136. The fraction of sp³-hybridized carbons (Fsp3) is 0.407. The number of aryl methyl sites for hydroxylation is 1. The molecule has 3 unspecified atom stereocenters. The molecule has 1 saturated carbocycles. The number of piperidine rings is 2. The number of amides is 3. The van der Waals surface area contributed by atoms with E-state index in [9.17, 15) is 14.4 Å². The smallest absolute Gasteiger partial charge is 0.255 e. The van der Waals surface area contributed by atoms with E-state index in [1.807, 2.05) is 25.2 Å². The maximum absolute atomic E-state index is 13.1. The summed E-state index contributed by atoms with van der Waals surface area (Å²) in [4.78, 5) is 46.1. The molecule has 3 aliphatic heterocycles. The summed E-state index contributed by atoms with van der Waals surface area (Å²) in [6, 6.07) is 9.58. The maximum Gasteiger partial charge on any atom is 0.255 e. The highest BCUT2D eigenvalue weighted by Gasteiger charge is 2.45. The first kappa shape index (κ1) is 20.8. The number of pyridine rings is 1. The van der Waals surface area contributed by atoms with E-state index in [0.717, 1.165) is 40.8 Å². The van der Waals surface area contributed by atoms with Crippen molar-refractivity contribution in [3.63, 3.8) is 0 Å². The molecule has 0 bridgehead atoms. The number of carbonyl (C=O) groups is 3. The van der Waals surface area contributed by atoms with Crippen LogP contribution in [0.25, 0.3) is 22.3 Å². The molecular weight excluding hydrogens is 442 g/mol. The molecule has 0 spiro atoms. The summed E-state index contributed by atoms with van der Waals surface area (Å²) in [5, 5.41) is 3.56. The Morgan fingerprint density at radius 2 is 1.91 bits per heavy atom. The van der Waals surface area contributed by atoms with Gasteiger partial charge in [-0.3, -0.25) is 24.6 Å². The molecular formula is C27H27N5O3. The average Bonchev–Trinajstić information content (AvgIpc) is 3.13. The van der Waals surface area contributed by atoms with Crippen molar-refractivity contribution in [1.82, 2.24) is 24.7 Å². The quantitative estimate of drug-likeness (QED) is 0.593. The van der Waals surface area contributed by atoms with Crippen LogP contribution in [0.1, 0.15) is 40.7 Å². The second-order valence-corrected chi connectivity index (χ2v) is 10.6. The Hall–Kier alpha value is -3.52. The predicted molar refractivity (Wildman–Crippen MR) is 129 cm³/mol. The van der Waals surface area contributed by atoms with Gasteiger partial charge in [0, 0.05) is 62.4 Å². The van der Waals surface area contributed by atoms with E-state index in [-0.39, 0.29) is 24.1 Å². The third-order valence-corrected chi connectivity index (χ3v) is 8.19. The van der Waals surface area contributed by atoms with Crippen molar-refractivity contribution >= 4 is 28.8 Å². The van der Waals surface area contributed by atoms with Gasteiger partial charge in [-0.2, -0.15) is 0 Å². The molecule has 1 aliphatic carbocycles. The zero-order chi connectivity index (χ0) is 23.8. The largest absolute Gasteiger partial charge is 0.336 e. The standard InChI is InChI=1S/C27H27N5O3/c1-30-7-6-20-19(13-31-11-16-9-17(16)12-31)10-22(28-25(20)30)15-2-3-21-18(8-15)14-32(27(21)35)23-4-5-24(33)29-26(23)34/h2-3,6-8,10,16-17,23H,4-5,9,11-14H2,1H3,(H,29,33,34). The van der Waals surface area contributed by atoms with Crippen molar-refractivity contribution < 1.29 is 14.4 Å². The van der Waals surface area contributed by atoms with Crippen molar-refractivity contribution in [3.8, 4) is 11.3 Å². The summed E-state index contributed by atoms with van der Waals surface area (Å²) in [5.74, 6) is 0.970. The van der Waals surface area contributed by atoms with Crippen molar-refractivity contribution in [1.29, 1.82) is 0 Å². The minimum atomic E-state index is -0.604. The topological polar surface area (TPSA) is 87.5 Å². The van der Waals surface area contributed by atoms with Gasteiger partial charge in [0.25, 0.3) is 5.91 Å². The normalized spacial score (nSPS) is 25.8. The average molecular weight is 470 g/mol. The van der Waals surface area contributed by atoms with E-state index >= 15 is 0 Å². The predicted octanol–water partition coefficient (Wildman–Crippen LogP) is 2.45. The third-order valence-electron chi connectivity index (χ3n) is 8.19. The van der Waals surface area contributed by atoms with Gasteiger partial charge in [-0.05, 0) is 60.1 Å². The van der Waals surface area contributed by atoms with Crippen LogP contribution in [0.15, 0.2) is 36.5 Å². The zero-order valence-corrected chi connectivity index (χ0v) is 19.7. The molecule has 1 aromatic carbocycles. The van der Waals surface area contributed by atoms with Crippen LogP contribution in [0.4, 0.5) is 0 Å². The van der Waals surface area contributed by atoms with Crippen molar-refractivity contribution in [3.05, 3.63) is 53.2 Å². The summed E-state index contributed by atoms with van der Waals surface area (Å²) in [7, 11) is 2.02. The van der Waals surface area contributed by atoms with E-state index in [2.05, 4.69) is 33.1 Å². The van der Waals surface area contributed by atoms with Gasteiger partial charge < -0.3 is 9.47 Å². The molecule has 178 valence electrons. The van der Waals surface area contributed by atoms with Gasteiger partial charge in [0.05, 0.1) is 5.69 Å². The molecule has 5 heterocycles. The van der Waals surface area contributed by atoms with E-state index in [4.69, 9.17) is 4.98 Å². The molecule has 3 aromatic rings. The summed E-state index contributed by atoms with van der Waals surface area (Å²) >= 11 is 0. The Kier molecular flexibility index (Phi) is 4.45. The summed E-state index contributed by atoms with van der Waals surface area (Å²) < 4.78 is 2.06. The lowest BCUT2D eigenvalue weighted by atomic mass is 10.0. The fourth-order valence-corrected chi connectivity index (χ4v) is 6.18. The Balaban J connectivity index is 1.21. The number of aromatic nitrogens is 2. The fourth-order valence-electron chi connectivity index (χ4n) is 6.18. The summed E-state index contributed by atoms with van der Waals surface area (Å²) in [5.41, 5.74) is 5.63. The molecule has 7 rings (SSSR count). The lowest BCUT2D eigenvalue weighted by Gasteiger charge is -2.29. The van der Waals surface area contributed by atoms with Gasteiger partial charge in [0.1, 0.15) is 11.7 Å². The molecule has 3 atom stereocenters. The first-order chi connectivity index (χ1) is 16.9. The lowest BCUT2D eigenvalue weighted by Crippen LogP contribution is -2.52. The van der Waals surface area contributed by atoms with Gasteiger partial charge in [0.15, 0.2) is 0 Å². The number of likely N-dealkylation sites (tertiary alicyclic amines) is 1. The molecule has 3 fully saturated rings. The molecule has 2 saturated heterocycles. The first-order valence-corrected chi connectivity index (χ1v) is 12.4. The Bertz CT molecular complexity index is 1420. The number of hydrogen-bond donors (Lipinski definition) is 1. The van der Waals surface area contributed by atoms with Crippen LogP contribution < -0.4 is 5.32 Å². The molecule has 2 aromatic heterocycles. The molecule has 3 amide bonds. The summed E-state index contributed by atoms with van der Waals surface area (Å²) in [6.45, 7) is 3.67. The van der Waals surface area contributed by atoms with Crippen LogP contribution in [0, 0.1) is 11.8 Å². The van der Waals surface area contributed by atoms with Crippen LogP contribution in [-0.4, -0.2) is 56.2 Å². The van der Waals surface area contributed by atoms with E-state index in [1.54, 1.807) is 4.90 Å². The van der Waals surface area contributed by atoms with Crippen molar-refractivity contribution in [2.24, 2.45) is 18.9 Å². The van der Waals surface area contributed by atoms with Gasteiger partial charge >= 0.3 is 0 Å². The van der Waals surface area contributed by atoms with Crippen LogP contribution in [0.2, 0.25) is 0 Å². The van der Waals surface area contributed by atoms with E-state index < -0.39 is 6.04 Å². The van der Waals surface area contributed by atoms with Crippen LogP contribution in [-0.2, 0) is 29.7 Å². The second-order valence-electron chi connectivity index (χ2n) is 10.6. The van der Waals surface area contributed by atoms with Gasteiger partial charge in [-0.25, -0.2) is 4.98 Å². The highest BCUT2D eigenvalue weighted by atomic mass is 16.2. The number of carbonyl (C=O) groups excluding carboxylic acids is 3. The number of nitrogens with zero attached hydrogens (tertiary/aromatic N) is 4. The highest BCUT2D eigenvalue weighted by Crippen LogP contribution is 2.45. The zero-order valence-electron chi connectivity index (χ0n) is 19.7. The number of rotatable bonds is 4. The van der Waals surface area contributed by atoms with Gasteiger partial charge in [-0.15, -0.1) is 0 Å². The first-order valence-electron chi connectivity index (χ1n) is 12.4. The van der Waals surface area contributed by atoms with Crippen LogP contribution >= 0.6 is 0 Å². The van der Waals surface area contributed by atoms with Gasteiger partial charge in [-0.1, -0.05) is 6.07 Å². The number of hydrogen-bond acceptors (Lipinski definition) is 5. The van der Waals surface area contributed by atoms with Crippen LogP contribution in [0.5, 0.6) is 0 Å². The number of nitrogens with one attached hydrogen (secondary N) is 1. The monoisotopic (exact) mass is 469 g/mol. The number of benzene rings is 1. The van der Waals surface area contributed by atoms with E-state index in [0.29, 0.717) is 18.5 Å². The SMILES string of the molecule is Cn1ccc2c(CN3CC4CC4C3)cc(-c3ccc4c(c3)CN(C3CCC(=O)NC3=O)C4=O)nc21. The maximum atomic E-state index is 13.1. The van der Waals surface area contributed by atoms with E-state index in [1.165, 1.54) is 30.5 Å². The molecule has 8 nitrogen and oxygen atoms in total. The second kappa shape index (κ2) is 7.49. The van der Waals surface area contributed by atoms with Crippen molar-refractivity contribution in [2.75, 3.05) is 13.1 Å². The van der Waals surface area contributed by atoms with Crippen LogP contribution in [0.3, 0.4) is 0 Å². The molecule has 8 heteroatoms. The van der Waals surface area contributed by atoms with Gasteiger partial charge in [0.2, 0.25) is 11.8 Å². The Labute approximate surface area is 202 Å². The third kappa shape index (κ3) is 3.38.